The summed E-state index contributed by atoms with van der Waals surface area (Å²) in [6.07, 6.45) is 5.30. The Morgan fingerprint density at radius 1 is 1.13 bits per heavy atom. The van der Waals surface area contributed by atoms with E-state index < -0.39 is 0 Å². The van der Waals surface area contributed by atoms with Gasteiger partial charge in [-0.05, 0) is 24.6 Å². The Labute approximate surface area is 101 Å². The van der Waals surface area contributed by atoms with Crippen LogP contribution in [-0.4, -0.2) is 6.54 Å². The minimum absolute atomic E-state index is 0.966. The summed E-state index contributed by atoms with van der Waals surface area (Å²) in [6.45, 7) is 4.34. The number of halogens is 1. The Balaban J connectivity index is 2.12. The SMILES string of the molecule is CCCCCCNCc1ccccc1Br. The molecule has 0 bridgehead atoms. The van der Waals surface area contributed by atoms with E-state index in [0.29, 0.717) is 0 Å². The Bertz CT molecular complexity index is 273. The predicted molar refractivity (Wildman–Crippen MR) is 70.0 cm³/mol. The van der Waals surface area contributed by atoms with Crippen molar-refractivity contribution in [1.82, 2.24) is 5.32 Å². The van der Waals surface area contributed by atoms with Crippen LogP contribution in [0.25, 0.3) is 0 Å². The lowest BCUT2D eigenvalue weighted by Crippen LogP contribution is -2.14. The van der Waals surface area contributed by atoms with E-state index in [2.05, 4.69) is 52.4 Å². The van der Waals surface area contributed by atoms with Gasteiger partial charge >= 0.3 is 0 Å². The van der Waals surface area contributed by atoms with Gasteiger partial charge in [-0.25, -0.2) is 0 Å². The lowest BCUT2D eigenvalue weighted by atomic mass is 10.2. The zero-order chi connectivity index (χ0) is 10.9. The number of unbranched alkanes of at least 4 members (excludes halogenated alkanes) is 3. The van der Waals surface area contributed by atoms with Crippen LogP contribution in [0.15, 0.2) is 28.7 Å². The monoisotopic (exact) mass is 269 g/mol. The quantitative estimate of drug-likeness (QED) is 0.735. The van der Waals surface area contributed by atoms with Crippen molar-refractivity contribution in [2.75, 3.05) is 6.54 Å². The van der Waals surface area contributed by atoms with Crippen molar-refractivity contribution < 1.29 is 0 Å². The molecule has 0 aliphatic rings. The lowest BCUT2D eigenvalue weighted by Gasteiger charge is -2.06. The highest BCUT2D eigenvalue weighted by atomic mass is 79.9. The minimum Gasteiger partial charge on any atom is -0.313 e. The Morgan fingerprint density at radius 3 is 2.67 bits per heavy atom. The van der Waals surface area contributed by atoms with E-state index in [4.69, 9.17) is 0 Å². The number of hydrogen-bond acceptors (Lipinski definition) is 1. The van der Waals surface area contributed by atoms with Crippen molar-refractivity contribution in [2.24, 2.45) is 0 Å². The molecular weight excluding hydrogens is 250 g/mol. The van der Waals surface area contributed by atoms with E-state index >= 15 is 0 Å². The zero-order valence-corrected chi connectivity index (χ0v) is 11.0. The molecule has 0 unspecified atom stereocenters. The zero-order valence-electron chi connectivity index (χ0n) is 9.43. The molecule has 1 aromatic carbocycles. The third-order valence-corrected chi connectivity index (χ3v) is 3.25. The van der Waals surface area contributed by atoms with Gasteiger partial charge in [0.05, 0.1) is 0 Å². The van der Waals surface area contributed by atoms with Gasteiger partial charge < -0.3 is 5.32 Å². The molecule has 0 aromatic heterocycles. The summed E-state index contributed by atoms with van der Waals surface area (Å²) >= 11 is 3.55. The highest BCUT2D eigenvalue weighted by Gasteiger charge is 1.96. The number of nitrogens with one attached hydrogen (secondary N) is 1. The third-order valence-electron chi connectivity index (χ3n) is 2.48. The van der Waals surface area contributed by atoms with Crippen LogP contribution in [0.1, 0.15) is 38.2 Å². The maximum atomic E-state index is 3.55. The van der Waals surface area contributed by atoms with Gasteiger partial charge in [0, 0.05) is 11.0 Å². The fourth-order valence-corrected chi connectivity index (χ4v) is 1.97. The Hall–Kier alpha value is -0.340. The molecule has 0 amide bonds. The van der Waals surface area contributed by atoms with E-state index in [9.17, 15) is 0 Å². The summed E-state index contributed by atoms with van der Waals surface area (Å²) in [4.78, 5) is 0. The largest absolute Gasteiger partial charge is 0.313 e. The van der Waals surface area contributed by atoms with Crippen LogP contribution >= 0.6 is 15.9 Å². The molecule has 0 radical (unpaired) electrons. The average Bonchev–Trinajstić information content (AvgIpc) is 2.25. The van der Waals surface area contributed by atoms with Crippen LogP contribution in [-0.2, 0) is 6.54 Å². The van der Waals surface area contributed by atoms with Gasteiger partial charge in [-0.15, -0.1) is 0 Å². The van der Waals surface area contributed by atoms with E-state index in [1.807, 2.05) is 0 Å². The summed E-state index contributed by atoms with van der Waals surface area (Å²) in [5.41, 5.74) is 1.34. The standard InChI is InChI=1S/C13H20BrN/c1-2-3-4-7-10-15-11-12-8-5-6-9-13(12)14/h5-6,8-9,15H,2-4,7,10-11H2,1H3. The van der Waals surface area contributed by atoms with Gasteiger partial charge in [0.15, 0.2) is 0 Å². The molecule has 0 saturated carbocycles. The molecule has 0 aliphatic heterocycles. The molecule has 1 aromatic rings. The van der Waals surface area contributed by atoms with Gasteiger partial charge in [0.2, 0.25) is 0 Å². The molecule has 0 aliphatic carbocycles. The van der Waals surface area contributed by atoms with Crippen molar-refractivity contribution in [3.63, 3.8) is 0 Å². The van der Waals surface area contributed by atoms with Crippen LogP contribution in [0, 0.1) is 0 Å². The maximum absolute atomic E-state index is 3.55. The van der Waals surface area contributed by atoms with Gasteiger partial charge in [-0.2, -0.15) is 0 Å². The summed E-state index contributed by atoms with van der Waals surface area (Å²) in [5, 5.41) is 3.47. The fourth-order valence-electron chi connectivity index (χ4n) is 1.54. The third kappa shape index (κ3) is 5.33. The molecule has 0 heterocycles. The van der Waals surface area contributed by atoms with E-state index in [1.54, 1.807) is 0 Å². The first-order chi connectivity index (χ1) is 7.34. The normalized spacial score (nSPS) is 10.5. The second kappa shape index (κ2) is 7.89. The highest BCUT2D eigenvalue weighted by Crippen LogP contribution is 2.15. The van der Waals surface area contributed by atoms with E-state index in [1.165, 1.54) is 35.7 Å². The second-order valence-corrected chi connectivity index (χ2v) is 4.68. The average molecular weight is 270 g/mol. The molecule has 0 fully saturated rings. The predicted octanol–water partition coefficient (Wildman–Crippen LogP) is 4.12. The Morgan fingerprint density at radius 2 is 1.93 bits per heavy atom. The van der Waals surface area contributed by atoms with Gasteiger partial charge in [-0.3, -0.25) is 0 Å². The molecule has 1 nitrogen and oxygen atoms in total. The van der Waals surface area contributed by atoms with Crippen molar-refractivity contribution in [3.05, 3.63) is 34.3 Å². The first-order valence-electron chi connectivity index (χ1n) is 5.78. The number of benzene rings is 1. The summed E-state index contributed by atoms with van der Waals surface area (Å²) < 4.78 is 1.20. The molecule has 15 heavy (non-hydrogen) atoms. The highest BCUT2D eigenvalue weighted by molar-refractivity contribution is 9.10. The minimum atomic E-state index is 0.966. The topological polar surface area (TPSA) is 12.0 Å². The smallest absolute Gasteiger partial charge is 0.0220 e. The summed E-state index contributed by atoms with van der Waals surface area (Å²) in [6, 6.07) is 8.38. The van der Waals surface area contributed by atoms with Crippen LogP contribution in [0.4, 0.5) is 0 Å². The lowest BCUT2D eigenvalue weighted by molar-refractivity contribution is 0.597. The van der Waals surface area contributed by atoms with E-state index in [-0.39, 0.29) is 0 Å². The van der Waals surface area contributed by atoms with Gasteiger partial charge in [0.1, 0.15) is 0 Å². The van der Waals surface area contributed by atoms with Crippen LogP contribution < -0.4 is 5.32 Å². The number of rotatable bonds is 7. The fraction of sp³-hybridized carbons (Fsp3) is 0.538. The molecule has 1 rings (SSSR count). The first-order valence-corrected chi connectivity index (χ1v) is 6.58. The van der Waals surface area contributed by atoms with Crippen molar-refractivity contribution in [2.45, 2.75) is 39.2 Å². The molecule has 1 N–H and O–H groups in total. The van der Waals surface area contributed by atoms with Crippen molar-refractivity contribution >= 4 is 15.9 Å². The van der Waals surface area contributed by atoms with E-state index in [0.717, 1.165) is 13.1 Å². The molecular formula is C13H20BrN. The number of hydrogen-bond donors (Lipinski definition) is 1. The summed E-state index contributed by atoms with van der Waals surface area (Å²) in [5.74, 6) is 0. The first kappa shape index (κ1) is 12.7. The molecule has 0 spiro atoms. The maximum Gasteiger partial charge on any atom is 0.0220 e. The molecule has 84 valence electrons. The molecule has 0 atom stereocenters. The van der Waals surface area contributed by atoms with Gasteiger partial charge in [-0.1, -0.05) is 60.3 Å². The van der Waals surface area contributed by atoms with Gasteiger partial charge in [0.25, 0.3) is 0 Å². The van der Waals surface area contributed by atoms with Crippen LogP contribution in [0.3, 0.4) is 0 Å². The Kier molecular flexibility index (Phi) is 6.69. The summed E-state index contributed by atoms with van der Waals surface area (Å²) in [7, 11) is 0. The van der Waals surface area contributed by atoms with Crippen LogP contribution in [0.5, 0.6) is 0 Å². The molecule has 0 saturated heterocycles. The van der Waals surface area contributed by atoms with Crippen molar-refractivity contribution in [1.29, 1.82) is 0 Å². The second-order valence-electron chi connectivity index (χ2n) is 3.83. The van der Waals surface area contributed by atoms with Crippen LogP contribution in [0.2, 0.25) is 0 Å². The molecule has 2 heteroatoms. The van der Waals surface area contributed by atoms with Crippen molar-refractivity contribution in [3.8, 4) is 0 Å².